The molecule has 3 rings (SSSR count). The van der Waals surface area contributed by atoms with Crippen LogP contribution < -0.4 is 10.2 Å². The number of aromatic nitrogens is 2. The summed E-state index contributed by atoms with van der Waals surface area (Å²) in [5, 5.41) is 11.3. The molecular weight excluding hydrogens is 393 g/mol. The van der Waals surface area contributed by atoms with Crippen LogP contribution in [0.3, 0.4) is 0 Å². The van der Waals surface area contributed by atoms with Gasteiger partial charge >= 0.3 is 0 Å². The minimum atomic E-state index is -0.241. The molecule has 2 aromatic rings. The standard InChI is InChI=1S/C20H24FN5O2S/c1-15(27)22-18-8-9-19(24-23-18)29-14-2-3-20(28)26-12-10-25(11-13-26)17-6-4-16(21)5-7-17/h4-9H,2-3,10-14H2,1H3,(H,22,23,27). The van der Waals surface area contributed by atoms with Gasteiger partial charge in [-0.25, -0.2) is 4.39 Å². The molecule has 29 heavy (non-hydrogen) atoms. The van der Waals surface area contributed by atoms with E-state index in [1.165, 1.54) is 30.8 Å². The SMILES string of the molecule is CC(=O)Nc1ccc(SCCCC(=O)N2CCN(c3ccc(F)cc3)CC2)nn1. The average molecular weight is 418 g/mol. The summed E-state index contributed by atoms with van der Waals surface area (Å²) in [7, 11) is 0. The van der Waals surface area contributed by atoms with Gasteiger partial charge in [0.2, 0.25) is 11.8 Å². The fourth-order valence-corrected chi connectivity index (χ4v) is 3.83. The van der Waals surface area contributed by atoms with Crippen molar-refractivity contribution in [3.8, 4) is 0 Å². The van der Waals surface area contributed by atoms with Gasteiger partial charge in [0.25, 0.3) is 0 Å². The summed E-state index contributed by atoms with van der Waals surface area (Å²) in [6.45, 7) is 4.29. The maximum absolute atomic E-state index is 13.0. The number of nitrogens with one attached hydrogen (secondary N) is 1. The predicted molar refractivity (Wildman–Crippen MR) is 111 cm³/mol. The molecule has 1 N–H and O–H groups in total. The highest BCUT2D eigenvalue weighted by Gasteiger charge is 2.20. The van der Waals surface area contributed by atoms with E-state index in [-0.39, 0.29) is 17.6 Å². The van der Waals surface area contributed by atoms with Gasteiger partial charge in [0.15, 0.2) is 5.82 Å². The zero-order chi connectivity index (χ0) is 20.6. The van der Waals surface area contributed by atoms with Crippen molar-refractivity contribution in [3.05, 3.63) is 42.2 Å². The smallest absolute Gasteiger partial charge is 0.222 e. The first-order valence-electron chi connectivity index (χ1n) is 9.53. The first kappa shape index (κ1) is 21.0. The lowest BCUT2D eigenvalue weighted by Crippen LogP contribution is -2.48. The molecule has 1 aliphatic rings. The van der Waals surface area contributed by atoms with Gasteiger partial charge in [0.05, 0.1) is 0 Å². The quantitative estimate of drug-likeness (QED) is 0.551. The molecule has 0 unspecified atom stereocenters. The Morgan fingerprint density at radius 2 is 1.79 bits per heavy atom. The molecule has 0 aliphatic carbocycles. The minimum Gasteiger partial charge on any atom is -0.368 e. The van der Waals surface area contributed by atoms with Gasteiger partial charge in [-0.05, 0) is 42.8 Å². The lowest BCUT2D eigenvalue weighted by molar-refractivity contribution is -0.131. The van der Waals surface area contributed by atoms with Crippen molar-refractivity contribution >= 4 is 35.1 Å². The van der Waals surface area contributed by atoms with Gasteiger partial charge in [-0.1, -0.05) is 0 Å². The number of halogens is 1. The molecule has 7 nitrogen and oxygen atoms in total. The van der Waals surface area contributed by atoms with Crippen molar-refractivity contribution in [1.29, 1.82) is 0 Å². The third-order valence-electron chi connectivity index (χ3n) is 4.55. The number of anilines is 2. The Morgan fingerprint density at radius 3 is 2.41 bits per heavy atom. The normalized spacial score (nSPS) is 14.0. The fourth-order valence-electron chi connectivity index (χ4n) is 3.07. The predicted octanol–water partition coefficient (Wildman–Crippen LogP) is 2.80. The summed E-state index contributed by atoms with van der Waals surface area (Å²) in [6.07, 6.45) is 1.26. The topological polar surface area (TPSA) is 78.4 Å². The average Bonchev–Trinajstić information content (AvgIpc) is 2.72. The summed E-state index contributed by atoms with van der Waals surface area (Å²) in [4.78, 5) is 27.5. The molecule has 1 fully saturated rings. The Balaban J connectivity index is 1.35. The highest BCUT2D eigenvalue weighted by Crippen LogP contribution is 2.19. The fraction of sp³-hybridized carbons (Fsp3) is 0.400. The number of carbonyl (C=O) groups excluding carboxylic acids is 2. The second-order valence-corrected chi connectivity index (χ2v) is 7.85. The van der Waals surface area contributed by atoms with E-state index < -0.39 is 0 Å². The maximum atomic E-state index is 13.0. The van der Waals surface area contributed by atoms with E-state index in [0.29, 0.717) is 25.3 Å². The highest BCUT2D eigenvalue weighted by molar-refractivity contribution is 7.99. The summed E-state index contributed by atoms with van der Waals surface area (Å²) in [5.41, 5.74) is 0.987. The van der Waals surface area contributed by atoms with Crippen molar-refractivity contribution < 1.29 is 14.0 Å². The Labute approximate surface area is 173 Å². The van der Waals surface area contributed by atoms with Gasteiger partial charge < -0.3 is 15.1 Å². The van der Waals surface area contributed by atoms with E-state index in [1.54, 1.807) is 24.3 Å². The van der Waals surface area contributed by atoms with Crippen molar-refractivity contribution in [2.75, 3.05) is 42.1 Å². The maximum Gasteiger partial charge on any atom is 0.222 e. The minimum absolute atomic E-state index is 0.163. The van der Waals surface area contributed by atoms with Crippen LogP contribution in [0.15, 0.2) is 41.4 Å². The number of carbonyl (C=O) groups is 2. The van der Waals surface area contributed by atoms with E-state index in [4.69, 9.17) is 0 Å². The van der Waals surface area contributed by atoms with Crippen LogP contribution in [0.4, 0.5) is 15.9 Å². The lowest BCUT2D eigenvalue weighted by Gasteiger charge is -2.36. The Morgan fingerprint density at radius 1 is 1.07 bits per heavy atom. The van der Waals surface area contributed by atoms with Gasteiger partial charge in [-0.2, -0.15) is 0 Å². The van der Waals surface area contributed by atoms with Crippen molar-refractivity contribution in [2.45, 2.75) is 24.8 Å². The molecule has 1 aromatic carbocycles. The van der Waals surface area contributed by atoms with Gasteiger partial charge in [0, 0.05) is 51.0 Å². The van der Waals surface area contributed by atoms with E-state index >= 15 is 0 Å². The first-order chi connectivity index (χ1) is 14.0. The molecular formula is C20H24FN5O2S. The third kappa shape index (κ3) is 6.42. The molecule has 1 aliphatic heterocycles. The lowest BCUT2D eigenvalue weighted by atomic mass is 10.2. The number of nitrogens with zero attached hydrogens (tertiary/aromatic N) is 4. The summed E-state index contributed by atoms with van der Waals surface area (Å²) < 4.78 is 13.0. The number of thioether (sulfide) groups is 1. The van der Waals surface area contributed by atoms with Crippen LogP contribution in [0.5, 0.6) is 0 Å². The summed E-state index contributed by atoms with van der Waals surface area (Å²) in [5.74, 6) is 0.940. The number of piperazine rings is 1. The number of rotatable bonds is 7. The van der Waals surface area contributed by atoms with Crippen LogP contribution >= 0.6 is 11.8 Å². The van der Waals surface area contributed by atoms with Crippen LogP contribution in [0, 0.1) is 5.82 Å². The number of hydrogen-bond donors (Lipinski definition) is 1. The third-order valence-corrected chi connectivity index (χ3v) is 5.56. The van der Waals surface area contributed by atoms with Crippen molar-refractivity contribution in [2.24, 2.45) is 0 Å². The number of benzene rings is 1. The number of amides is 2. The Kier molecular flexibility index (Phi) is 7.40. The van der Waals surface area contributed by atoms with Crippen LogP contribution in [0.2, 0.25) is 0 Å². The van der Waals surface area contributed by atoms with Crippen LogP contribution in [-0.4, -0.2) is 58.8 Å². The number of hydrogen-bond acceptors (Lipinski definition) is 6. The van der Waals surface area contributed by atoms with Crippen molar-refractivity contribution in [1.82, 2.24) is 15.1 Å². The second-order valence-electron chi connectivity index (χ2n) is 6.73. The molecule has 2 amide bonds. The largest absolute Gasteiger partial charge is 0.368 e. The molecule has 0 radical (unpaired) electrons. The molecule has 2 heterocycles. The zero-order valence-corrected chi connectivity index (χ0v) is 17.1. The van der Waals surface area contributed by atoms with Crippen LogP contribution in [0.25, 0.3) is 0 Å². The molecule has 1 aromatic heterocycles. The highest BCUT2D eigenvalue weighted by atomic mass is 32.2. The molecule has 154 valence electrons. The molecule has 1 saturated heterocycles. The van der Waals surface area contributed by atoms with E-state index in [0.717, 1.165) is 36.0 Å². The van der Waals surface area contributed by atoms with E-state index in [2.05, 4.69) is 20.4 Å². The van der Waals surface area contributed by atoms with Crippen molar-refractivity contribution in [3.63, 3.8) is 0 Å². The van der Waals surface area contributed by atoms with Gasteiger partial charge in [-0.3, -0.25) is 9.59 Å². The molecule has 0 atom stereocenters. The monoisotopic (exact) mass is 417 g/mol. The molecule has 0 spiro atoms. The van der Waals surface area contributed by atoms with E-state index in [9.17, 15) is 14.0 Å². The van der Waals surface area contributed by atoms with Crippen LogP contribution in [0.1, 0.15) is 19.8 Å². The van der Waals surface area contributed by atoms with Gasteiger partial charge in [-0.15, -0.1) is 22.0 Å². The molecule has 0 bridgehead atoms. The van der Waals surface area contributed by atoms with E-state index in [1.807, 2.05) is 4.90 Å². The Bertz CT molecular complexity index is 824. The Hall–Kier alpha value is -2.68. The zero-order valence-electron chi connectivity index (χ0n) is 16.3. The van der Waals surface area contributed by atoms with Crippen LogP contribution in [-0.2, 0) is 9.59 Å². The first-order valence-corrected chi connectivity index (χ1v) is 10.5. The van der Waals surface area contributed by atoms with Gasteiger partial charge in [0.1, 0.15) is 10.8 Å². The summed E-state index contributed by atoms with van der Waals surface area (Å²) in [6, 6.07) is 9.98. The molecule has 9 heteroatoms. The second kappa shape index (κ2) is 10.2. The molecule has 0 saturated carbocycles. The summed E-state index contributed by atoms with van der Waals surface area (Å²) >= 11 is 1.54.